The van der Waals surface area contributed by atoms with Gasteiger partial charge in [-0.1, -0.05) is 28.1 Å². The molecule has 0 bridgehead atoms. The monoisotopic (exact) mass is 330 g/mol. The Morgan fingerprint density at radius 2 is 1.94 bits per heavy atom. The number of halogens is 1. The molecule has 0 amide bonds. The zero-order valence-electron chi connectivity index (χ0n) is 9.93. The molecule has 1 aliphatic rings. The summed E-state index contributed by atoms with van der Waals surface area (Å²) in [6, 6.07) is 7.63. The van der Waals surface area contributed by atoms with E-state index in [1.165, 1.54) is 0 Å². The number of ketones is 1. The van der Waals surface area contributed by atoms with E-state index in [0.29, 0.717) is 19.3 Å². The molecule has 0 radical (unpaired) electrons. The first-order chi connectivity index (χ1) is 8.44. The van der Waals surface area contributed by atoms with E-state index >= 15 is 0 Å². The van der Waals surface area contributed by atoms with Crippen LogP contribution in [0.3, 0.4) is 0 Å². The molecular formula is C13H15BrO3S. The van der Waals surface area contributed by atoms with Gasteiger partial charge in [0.25, 0.3) is 0 Å². The second-order valence-corrected chi connectivity index (χ2v) is 7.96. The lowest BCUT2D eigenvalue weighted by Gasteiger charge is -2.06. The highest BCUT2D eigenvalue weighted by Crippen LogP contribution is 2.22. The van der Waals surface area contributed by atoms with Crippen molar-refractivity contribution in [3.63, 3.8) is 0 Å². The summed E-state index contributed by atoms with van der Waals surface area (Å²) in [4.78, 5) is 11.9. The quantitative estimate of drug-likeness (QED) is 0.851. The minimum absolute atomic E-state index is 0.0259. The lowest BCUT2D eigenvalue weighted by Crippen LogP contribution is -2.12. The van der Waals surface area contributed by atoms with Gasteiger partial charge in [0.05, 0.1) is 11.5 Å². The summed E-state index contributed by atoms with van der Waals surface area (Å²) in [5.74, 6) is 0.569. The zero-order valence-corrected chi connectivity index (χ0v) is 12.3. The van der Waals surface area contributed by atoms with E-state index in [4.69, 9.17) is 0 Å². The number of hydrogen-bond acceptors (Lipinski definition) is 3. The van der Waals surface area contributed by atoms with Crippen LogP contribution in [0.2, 0.25) is 0 Å². The van der Waals surface area contributed by atoms with Crippen molar-refractivity contribution in [3.8, 4) is 0 Å². The summed E-state index contributed by atoms with van der Waals surface area (Å²) < 4.78 is 23.6. The van der Waals surface area contributed by atoms with Crippen molar-refractivity contribution >= 4 is 31.6 Å². The molecule has 1 saturated heterocycles. The first-order valence-electron chi connectivity index (χ1n) is 5.91. The minimum atomic E-state index is -2.88. The van der Waals surface area contributed by atoms with Gasteiger partial charge >= 0.3 is 0 Å². The van der Waals surface area contributed by atoms with Crippen molar-refractivity contribution < 1.29 is 13.2 Å². The van der Waals surface area contributed by atoms with Crippen LogP contribution in [0.25, 0.3) is 0 Å². The van der Waals surface area contributed by atoms with Crippen LogP contribution >= 0.6 is 15.9 Å². The lowest BCUT2D eigenvalue weighted by atomic mass is 9.98. The Morgan fingerprint density at radius 1 is 1.28 bits per heavy atom. The van der Waals surface area contributed by atoms with Gasteiger partial charge in [-0.3, -0.25) is 4.79 Å². The van der Waals surface area contributed by atoms with Gasteiger partial charge in [0.2, 0.25) is 0 Å². The van der Waals surface area contributed by atoms with Crippen molar-refractivity contribution in [2.24, 2.45) is 5.92 Å². The van der Waals surface area contributed by atoms with E-state index in [1.54, 1.807) is 0 Å². The molecule has 0 aromatic heterocycles. The number of Topliss-reactive ketones (excluding diaryl/α,β-unsaturated/α-hetero) is 1. The Kier molecular flexibility index (Phi) is 4.22. The predicted molar refractivity (Wildman–Crippen MR) is 74.2 cm³/mol. The van der Waals surface area contributed by atoms with Gasteiger partial charge in [-0.25, -0.2) is 8.42 Å². The summed E-state index contributed by atoms with van der Waals surface area (Å²) in [5, 5.41) is 0. The molecule has 5 heteroatoms. The molecule has 18 heavy (non-hydrogen) atoms. The highest BCUT2D eigenvalue weighted by molar-refractivity contribution is 9.10. The molecule has 1 aromatic rings. The van der Waals surface area contributed by atoms with Crippen LogP contribution in [0.5, 0.6) is 0 Å². The van der Waals surface area contributed by atoms with Crippen LogP contribution in [0.4, 0.5) is 0 Å². The third-order valence-corrected chi connectivity index (χ3v) is 5.52. The van der Waals surface area contributed by atoms with E-state index in [9.17, 15) is 13.2 Å². The van der Waals surface area contributed by atoms with Crippen molar-refractivity contribution in [2.75, 3.05) is 11.5 Å². The fourth-order valence-corrected chi connectivity index (χ4v) is 4.38. The number of carbonyl (C=O) groups excluding carboxylic acids is 1. The Morgan fingerprint density at radius 3 is 2.50 bits per heavy atom. The van der Waals surface area contributed by atoms with Crippen LogP contribution in [0.15, 0.2) is 28.7 Å². The third kappa shape index (κ3) is 3.92. The molecule has 1 aromatic carbocycles. The summed E-state index contributed by atoms with van der Waals surface area (Å²) in [5.41, 5.74) is 0.976. The Labute approximate surface area is 116 Å². The molecule has 1 unspecified atom stereocenters. The van der Waals surface area contributed by atoms with Crippen LogP contribution < -0.4 is 0 Å². The molecule has 1 heterocycles. The third-order valence-electron chi connectivity index (χ3n) is 3.16. The average Bonchev–Trinajstić information content (AvgIpc) is 2.61. The molecular weight excluding hydrogens is 316 g/mol. The van der Waals surface area contributed by atoms with Gasteiger partial charge in [-0.05, 0) is 30.0 Å². The van der Waals surface area contributed by atoms with Crippen LogP contribution in [-0.2, 0) is 21.1 Å². The number of hydrogen-bond donors (Lipinski definition) is 0. The molecule has 1 aliphatic heterocycles. The van der Waals surface area contributed by atoms with Crippen LogP contribution in [0.1, 0.15) is 18.4 Å². The van der Waals surface area contributed by atoms with Gasteiger partial charge < -0.3 is 0 Å². The van der Waals surface area contributed by atoms with E-state index < -0.39 is 9.84 Å². The first-order valence-corrected chi connectivity index (χ1v) is 8.52. The summed E-state index contributed by atoms with van der Waals surface area (Å²) in [7, 11) is -2.88. The second-order valence-electron chi connectivity index (χ2n) is 4.82. The second kappa shape index (κ2) is 5.53. The predicted octanol–water partition coefficient (Wildman–Crippen LogP) is 2.39. The SMILES string of the molecule is O=C(Cc1ccc(Br)cc1)CC1CCS(=O)(=O)C1. The highest BCUT2D eigenvalue weighted by atomic mass is 79.9. The van der Waals surface area contributed by atoms with Crippen molar-refractivity contribution in [1.82, 2.24) is 0 Å². The topological polar surface area (TPSA) is 51.2 Å². The van der Waals surface area contributed by atoms with E-state index in [-0.39, 0.29) is 23.2 Å². The molecule has 0 N–H and O–H groups in total. The number of benzene rings is 1. The Balaban J connectivity index is 1.88. The van der Waals surface area contributed by atoms with Gasteiger partial charge in [0.15, 0.2) is 9.84 Å². The smallest absolute Gasteiger partial charge is 0.150 e. The number of carbonyl (C=O) groups is 1. The van der Waals surface area contributed by atoms with E-state index in [2.05, 4.69) is 15.9 Å². The average molecular weight is 331 g/mol. The van der Waals surface area contributed by atoms with E-state index in [1.807, 2.05) is 24.3 Å². The van der Waals surface area contributed by atoms with Gasteiger partial charge in [0, 0.05) is 17.3 Å². The minimum Gasteiger partial charge on any atom is -0.299 e. The standard InChI is InChI=1S/C13H15BrO3S/c14-12-3-1-10(2-4-12)7-13(15)8-11-5-6-18(16,17)9-11/h1-4,11H,5-9H2. The Bertz CT molecular complexity index is 534. The number of rotatable bonds is 4. The lowest BCUT2D eigenvalue weighted by molar-refractivity contribution is -0.119. The Hall–Kier alpha value is -0.680. The normalized spacial score (nSPS) is 21.9. The van der Waals surface area contributed by atoms with Gasteiger partial charge in [0.1, 0.15) is 5.78 Å². The molecule has 0 saturated carbocycles. The van der Waals surface area contributed by atoms with Gasteiger partial charge in [-0.15, -0.1) is 0 Å². The maximum Gasteiger partial charge on any atom is 0.150 e. The molecule has 3 nitrogen and oxygen atoms in total. The van der Waals surface area contributed by atoms with Crippen LogP contribution in [0, 0.1) is 5.92 Å². The van der Waals surface area contributed by atoms with Crippen molar-refractivity contribution in [3.05, 3.63) is 34.3 Å². The summed E-state index contributed by atoms with van der Waals surface area (Å²) in [6.45, 7) is 0. The van der Waals surface area contributed by atoms with Crippen molar-refractivity contribution in [2.45, 2.75) is 19.3 Å². The summed E-state index contributed by atoms with van der Waals surface area (Å²) >= 11 is 3.34. The number of sulfone groups is 1. The molecule has 98 valence electrons. The summed E-state index contributed by atoms with van der Waals surface area (Å²) in [6.07, 6.45) is 1.41. The highest BCUT2D eigenvalue weighted by Gasteiger charge is 2.29. The fraction of sp³-hybridized carbons (Fsp3) is 0.462. The molecule has 0 spiro atoms. The van der Waals surface area contributed by atoms with E-state index in [0.717, 1.165) is 10.0 Å². The molecule has 1 fully saturated rings. The largest absolute Gasteiger partial charge is 0.299 e. The zero-order chi connectivity index (χ0) is 13.2. The van der Waals surface area contributed by atoms with Crippen LogP contribution in [-0.4, -0.2) is 25.7 Å². The van der Waals surface area contributed by atoms with Gasteiger partial charge in [-0.2, -0.15) is 0 Å². The molecule has 0 aliphatic carbocycles. The molecule has 2 rings (SSSR count). The maximum absolute atomic E-state index is 11.9. The fourth-order valence-electron chi connectivity index (χ4n) is 2.26. The van der Waals surface area contributed by atoms with Crippen molar-refractivity contribution in [1.29, 1.82) is 0 Å². The molecule has 1 atom stereocenters. The maximum atomic E-state index is 11.9. The first kappa shape index (κ1) is 13.7.